The van der Waals surface area contributed by atoms with Crippen molar-refractivity contribution in [1.82, 2.24) is 30.1 Å². The van der Waals surface area contributed by atoms with E-state index in [0.29, 0.717) is 11.8 Å². The molecule has 8 heteroatoms. The van der Waals surface area contributed by atoms with Crippen molar-refractivity contribution < 1.29 is 0 Å². The molecule has 0 spiro atoms. The number of pyridine rings is 1. The summed E-state index contributed by atoms with van der Waals surface area (Å²) in [4.78, 5) is 18.8. The molecule has 0 radical (unpaired) electrons. The summed E-state index contributed by atoms with van der Waals surface area (Å²) in [5, 5.41) is 9.92. The van der Waals surface area contributed by atoms with Crippen LogP contribution in [0.4, 0.5) is 17.6 Å². The number of hydrogen-bond acceptors (Lipinski definition) is 6. The van der Waals surface area contributed by atoms with Crippen LogP contribution in [0.3, 0.4) is 0 Å². The molecule has 8 nitrogen and oxygen atoms in total. The average Bonchev–Trinajstić information content (AvgIpc) is 3.31. The molecule has 126 valence electrons. The quantitative estimate of drug-likeness (QED) is 0.519. The highest BCUT2D eigenvalue weighted by molar-refractivity contribution is 5.74. The van der Waals surface area contributed by atoms with Crippen LogP contribution < -0.4 is 10.2 Å². The second-order valence-electron chi connectivity index (χ2n) is 5.77. The van der Waals surface area contributed by atoms with Gasteiger partial charge in [-0.2, -0.15) is 10.1 Å². The Labute approximate surface area is 144 Å². The van der Waals surface area contributed by atoms with Crippen molar-refractivity contribution in [3.8, 4) is 0 Å². The Balaban J connectivity index is 1.57. The molecule has 4 rings (SSSR count). The highest BCUT2D eigenvalue weighted by atomic mass is 15.3. The monoisotopic (exact) mass is 334 g/mol. The Kier molecular flexibility index (Phi) is 3.77. The van der Waals surface area contributed by atoms with Gasteiger partial charge in [0.1, 0.15) is 11.6 Å². The highest BCUT2D eigenvalue weighted by Gasteiger charge is 2.17. The fourth-order valence-electron chi connectivity index (χ4n) is 2.61. The largest absolute Gasteiger partial charge is 0.360 e. The van der Waals surface area contributed by atoms with Gasteiger partial charge in [0.15, 0.2) is 0 Å². The number of anilines is 3. The van der Waals surface area contributed by atoms with Gasteiger partial charge in [0, 0.05) is 25.5 Å². The van der Waals surface area contributed by atoms with Gasteiger partial charge in [-0.15, -0.1) is 0 Å². The highest BCUT2D eigenvalue weighted by Crippen LogP contribution is 2.24. The number of rotatable bonds is 5. The standard InChI is InChI=1S/C17H18N8/c1-11(12-3-4-13-14(21-12)5-8-18-13)25(2)17-19-9-6-15(23-17)22-16-7-10-20-24-16/h3-11,18H,1-2H3,(H2,19,20,22,23,24)/t11-/m0/s1. The molecule has 0 aliphatic carbocycles. The summed E-state index contributed by atoms with van der Waals surface area (Å²) in [5.74, 6) is 2.09. The van der Waals surface area contributed by atoms with Crippen molar-refractivity contribution in [1.29, 1.82) is 0 Å². The molecule has 4 heterocycles. The molecular formula is C17H18N8. The van der Waals surface area contributed by atoms with Crippen LogP contribution in [0.5, 0.6) is 0 Å². The molecular weight excluding hydrogens is 316 g/mol. The molecule has 0 unspecified atom stereocenters. The molecule has 0 aliphatic rings. The zero-order valence-corrected chi connectivity index (χ0v) is 13.9. The van der Waals surface area contributed by atoms with Crippen molar-refractivity contribution in [2.24, 2.45) is 0 Å². The third-order valence-electron chi connectivity index (χ3n) is 4.16. The maximum absolute atomic E-state index is 4.71. The molecule has 0 amide bonds. The topological polar surface area (TPSA) is 98.4 Å². The first kappa shape index (κ1) is 15.1. The third-order valence-corrected chi connectivity index (χ3v) is 4.16. The van der Waals surface area contributed by atoms with Gasteiger partial charge >= 0.3 is 0 Å². The fourth-order valence-corrected chi connectivity index (χ4v) is 2.61. The molecule has 0 aromatic carbocycles. The van der Waals surface area contributed by atoms with E-state index in [0.717, 1.165) is 22.5 Å². The first-order valence-electron chi connectivity index (χ1n) is 7.97. The predicted molar refractivity (Wildman–Crippen MR) is 96.8 cm³/mol. The number of nitrogens with one attached hydrogen (secondary N) is 3. The van der Waals surface area contributed by atoms with Crippen molar-refractivity contribution in [2.75, 3.05) is 17.3 Å². The van der Waals surface area contributed by atoms with Gasteiger partial charge in [-0.3, -0.25) is 5.10 Å². The minimum absolute atomic E-state index is 0.0294. The van der Waals surface area contributed by atoms with Gasteiger partial charge in [-0.1, -0.05) is 0 Å². The lowest BCUT2D eigenvalue weighted by atomic mass is 10.2. The molecule has 3 N–H and O–H groups in total. The second-order valence-corrected chi connectivity index (χ2v) is 5.77. The van der Waals surface area contributed by atoms with Gasteiger partial charge < -0.3 is 15.2 Å². The molecule has 4 aromatic heterocycles. The van der Waals surface area contributed by atoms with Gasteiger partial charge in [-0.05, 0) is 31.2 Å². The summed E-state index contributed by atoms with van der Waals surface area (Å²) in [6, 6.07) is 9.71. The minimum atomic E-state index is 0.0294. The lowest BCUT2D eigenvalue weighted by Gasteiger charge is -2.24. The molecule has 0 saturated heterocycles. The number of aromatic nitrogens is 6. The van der Waals surface area contributed by atoms with Crippen LogP contribution >= 0.6 is 0 Å². The summed E-state index contributed by atoms with van der Waals surface area (Å²) in [5.41, 5.74) is 2.94. The van der Waals surface area contributed by atoms with E-state index in [4.69, 9.17) is 4.98 Å². The van der Waals surface area contributed by atoms with Crippen LogP contribution in [0.15, 0.2) is 48.9 Å². The number of H-pyrrole nitrogens is 2. The lowest BCUT2D eigenvalue weighted by Crippen LogP contribution is -2.24. The van der Waals surface area contributed by atoms with E-state index in [1.807, 2.05) is 48.5 Å². The van der Waals surface area contributed by atoms with Crippen LogP contribution in [0.25, 0.3) is 11.0 Å². The number of hydrogen-bond donors (Lipinski definition) is 3. The molecule has 0 bridgehead atoms. The fraction of sp³-hybridized carbons (Fsp3) is 0.176. The zero-order chi connectivity index (χ0) is 17.2. The third kappa shape index (κ3) is 3.01. The Morgan fingerprint density at radius 1 is 1.08 bits per heavy atom. The maximum atomic E-state index is 4.71. The smallest absolute Gasteiger partial charge is 0.227 e. The van der Waals surface area contributed by atoms with Crippen molar-refractivity contribution >= 4 is 28.6 Å². The van der Waals surface area contributed by atoms with E-state index in [1.54, 1.807) is 12.4 Å². The van der Waals surface area contributed by atoms with Crippen molar-refractivity contribution in [3.05, 3.63) is 54.6 Å². The van der Waals surface area contributed by atoms with Crippen LogP contribution in [0.2, 0.25) is 0 Å². The van der Waals surface area contributed by atoms with Crippen molar-refractivity contribution in [3.63, 3.8) is 0 Å². The van der Waals surface area contributed by atoms with Gasteiger partial charge in [0.25, 0.3) is 0 Å². The Morgan fingerprint density at radius 3 is 2.84 bits per heavy atom. The predicted octanol–water partition coefficient (Wildman–Crippen LogP) is 3.02. The molecule has 25 heavy (non-hydrogen) atoms. The normalized spacial score (nSPS) is 12.2. The van der Waals surface area contributed by atoms with Crippen LogP contribution in [0.1, 0.15) is 18.7 Å². The van der Waals surface area contributed by atoms with Crippen LogP contribution in [-0.4, -0.2) is 37.2 Å². The van der Waals surface area contributed by atoms with Gasteiger partial charge in [0.05, 0.1) is 29.0 Å². The zero-order valence-electron chi connectivity index (χ0n) is 13.9. The number of fused-ring (bicyclic) bond motifs is 1. The first-order valence-corrected chi connectivity index (χ1v) is 7.97. The molecule has 0 fully saturated rings. The maximum Gasteiger partial charge on any atom is 0.227 e. The number of nitrogens with zero attached hydrogens (tertiary/aromatic N) is 5. The first-order chi connectivity index (χ1) is 12.2. The molecule has 0 saturated carbocycles. The summed E-state index contributed by atoms with van der Waals surface area (Å²) in [7, 11) is 1.96. The summed E-state index contributed by atoms with van der Waals surface area (Å²) in [6.07, 6.45) is 5.30. The number of aromatic amines is 2. The Hall–Kier alpha value is -3.42. The molecule has 0 aliphatic heterocycles. The second kappa shape index (κ2) is 6.23. The lowest BCUT2D eigenvalue weighted by molar-refractivity contribution is 0.697. The SMILES string of the molecule is C[C@@H](c1ccc2[nH]ccc2n1)N(C)c1nccc(Nc2ccn[nH]2)n1. The van der Waals surface area contributed by atoms with E-state index in [1.165, 1.54) is 0 Å². The molecule has 1 atom stereocenters. The minimum Gasteiger partial charge on any atom is -0.360 e. The summed E-state index contributed by atoms with van der Waals surface area (Å²) in [6.45, 7) is 2.08. The van der Waals surface area contributed by atoms with E-state index in [-0.39, 0.29) is 6.04 Å². The summed E-state index contributed by atoms with van der Waals surface area (Å²) >= 11 is 0. The average molecular weight is 334 g/mol. The Morgan fingerprint density at radius 2 is 2.00 bits per heavy atom. The van der Waals surface area contributed by atoms with Crippen molar-refractivity contribution in [2.45, 2.75) is 13.0 Å². The van der Waals surface area contributed by atoms with Crippen LogP contribution in [-0.2, 0) is 0 Å². The van der Waals surface area contributed by atoms with E-state index in [2.05, 4.69) is 37.4 Å². The van der Waals surface area contributed by atoms with Gasteiger partial charge in [-0.25, -0.2) is 9.97 Å². The van der Waals surface area contributed by atoms with E-state index >= 15 is 0 Å². The van der Waals surface area contributed by atoms with Crippen LogP contribution in [0, 0.1) is 0 Å². The summed E-state index contributed by atoms with van der Waals surface area (Å²) < 4.78 is 0. The molecule has 4 aromatic rings. The van der Waals surface area contributed by atoms with E-state index < -0.39 is 0 Å². The van der Waals surface area contributed by atoms with E-state index in [9.17, 15) is 0 Å². The van der Waals surface area contributed by atoms with Gasteiger partial charge in [0.2, 0.25) is 5.95 Å². The Bertz CT molecular complexity index is 975.